The van der Waals surface area contributed by atoms with E-state index in [0.717, 1.165) is 43.7 Å². The molecular formula is C17H24N6O3. The number of amides is 1. The van der Waals surface area contributed by atoms with E-state index in [-0.39, 0.29) is 17.2 Å². The van der Waals surface area contributed by atoms with Crippen molar-refractivity contribution in [3.63, 3.8) is 0 Å². The fraction of sp³-hybridized carbons (Fsp3) is 0.529. The van der Waals surface area contributed by atoms with Gasteiger partial charge in [-0.2, -0.15) is 0 Å². The summed E-state index contributed by atoms with van der Waals surface area (Å²) >= 11 is 0. The lowest BCUT2D eigenvalue weighted by atomic mass is 10.2. The van der Waals surface area contributed by atoms with E-state index in [1.165, 1.54) is 24.7 Å². The number of piperazine rings is 1. The molecule has 9 heteroatoms. The monoisotopic (exact) mass is 360 g/mol. The zero-order valence-corrected chi connectivity index (χ0v) is 15.1. The lowest BCUT2D eigenvalue weighted by molar-refractivity contribution is 0.0946. The Balaban J connectivity index is 1.67. The van der Waals surface area contributed by atoms with Gasteiger partial charge in [0.15, 0.2) is 0 Å². The van der Waals surface area contributed by atoms with Crippen molar-refractivity contribution in [2.45, 2.75) is 6.42 Å². The van der Waals surface area contributed by atoms with Crippen molar-refractivity contribution in [3.05, 3.63) is 38.7 Å². The van der Waals surface area contributed by atoms with E-state index in [4.69, 9.17) is 0 Å². The first-order valence-electron chi connectivity index (χ1n) is 8.77. The molecule has 1 aliphatic rings. The molecular weight excluding hydrogens is 336 g/mol. The Labute approximate surface area is 150 Å². The van der Waals surface area contributed by atoms with Crippen LogP contribution in [0.5, 0.6) is 0 Å². The average molecular weight is 360 g/mol. The number of fused-ring (bicyclic) bond motifs is 1. The number of nitrogens with one attached hydrogen (secondary N) is 2. The highest BCUT2D eigenvalue weighted by molar-refractivity contribution is 5.94. The Morgan fingerprint density at radius 2 is 1.92 bits per heavy atom. The number of rotatable bonds is 5. The second-order valence-corrected chi connectivity index (χ2v) is 6.47. The number of aryl methyl sites for hydroxylation is 1. The molecule has 3 heterocycles. The molecule has 0 aromatic carbocycles. The van der Waals surface area contributed by atoms with Crippen molar-refractivity contribution in [2.24, 2.45) is 14.1 Å². The van der Waals surface area contributed by atoms with Crippen LogP contribution in [0.25, 0.3) is 11.0 Å². The molecule has 9 nitrogen and oxygen atoms in total. The first-order valence-corrected chi connectivity index (χ1v) is 8.77. The van der Waals surface area contributed by atoms with E-state index < -0.39 is 11.2 Å². The maximum atomic E-state index is 12.3. The molecule has 1 amide bonds. The van der Waals surface area contributed by atoms with Gasteiger partial charge in [-0.15, -0.1) is 0 Å². The Morgan fingerprint density at radius 1 is 1.19 bits per heavy atom. The van der Waals surface area contributed by atoms with Crippen molar-refractivity contribution in [1.29, 1.82) is 0 Å². The molecule has 2 N–H and O–H groups in total. The number of carbonyl (C=O) groups excluding carboxylic acids is 1. The maximum Gasteiger partial charge on any atom is 0.332 e. The summed E-state index contributed by atoms with van der Waals surface area (Å²) in [5.74, 6) is -0.305. The van der Waals surface area contributed by atoms with Crippen LogP contribution in [0.15, 0.2) is 21.7 Å². The molecule has 2 aromatic heterocycles. The van der Waals surface area contributed by atoms with Crippen molar-refractivity contribution in [1.82, 2.24) is 29.7 Å². The molecule has 0 spiro atoms. The highest BCUT2D eigenvalue weighted by atomic mass is 16.2. The third kappa shape index (κ3) is 3.68. The van der Waals surface area contributed by atoms with Gasteiger partial charge in [-0.3, -0.25) is 18.7 Å². The summed E-state index contributed by atoms with van der Waals surface area (Å²) < 4.78 is 2.30. The largest absolute Gasteiger partial charge is 0.351 e. The van der Waals surface area contributed by atoms with Crippen LogP contribution in [0.3, 0.4) is 0 Å². The third-order valence-corrected chi connectivity index (χ3v) is 4.68. The summed E-state index contributed by atoms with van der Waals surface area (Å²) in [6.07, 6.45) is 0.859. The van der Waals surface area contributed by atoms with E-state index in [1.807, 2.05) is 0 Å². The molecule has 0 bridgehead atoms. The highest BCUT2D eigenvalue weighted by Crippen LogP contribution is 2.06. The minimum atomic E-state index is -0.469. The Hall–Kier alpha value is -2.52. The Bertz CT molecular complexity index is 926. The van der Waals surface area contributed by atoms with Gasteiger partial charge in [0.25, 0.3) is 11.5 Å². The van der Waals surface area contributed by atoms with Crippen LogP contribution in [0.2, 0.25) is 0 Å². The molecule has 0 saturated carbocycles. The molecule has 140 valence electrons. The van der Waals surface area contributed by atoms with Crippen molar-refractivity contribution in [3.8, 4) is 0 Å². The lowest BCUT2D eigenvalue weighted by Gasteiger charge is -2.27. The van der Waals surface area contributed by atoms with Gasteiger partial charge < -0.3 is 15.5 Å². The van der Waals surface area contributed by atoms with Gasteiger partial charge in [0, 0.05) is 46.8 Å². The van der Waals surface area contributed by atoms with Crippen LogP contribution in [-0.4, -0.2) is 64.2 Å². The summed E-state index contributed by atoms with van der Waals surface area (Å²) in [6.45, 7) is 5.57. The Morgan fingerprint density at radius 3 is 2.65 bits per heavy atom. The van der Waals surface area contributed by atoms with E-state index in [1.54, 1.807) is 6.07 Å². The van der Waals surface area contributed by atoms with Crippen LogP contribution < -0.4 is 21.9 Å². The van der Waals surface area contributed by atoms with Crippen LogP contribution in [0.4, 0.5) is 0 Å². The second kappa shape index (κ2) is 7.79. The van der Waals surface area contributed by atoms with E-state index in [0.29, 0.717) is 11.9 Å². The van der Waals surface area contributed by atoms with Gasteiger partial charge in [0.05, 0.1) is 5.39 Å². The minimum Gasteiger partial charge on any atom is -0.351 e. The number of carbonyl (C=O) groups is 1. The molecule has 1 fully saturated rings. The molecule has 3 rings (SSSR count). The van der Waals surface area contributed by atoms with Crippen LogP contribution in [-0.2, 0) is 14.1 Å². The van der Waals surface area contributed by atoms with Gasteiger partial charge in [-0.25, -0.2) is 9.78 Å². The van der Waals surface area contributed by atoms with Gasteiger partial charge in [-0.1, -0.05) is 0 Å². The number of aromatic nitrogens is 3. The lowest BCUT2D eigenvalue weighted by Crippen LogP contribution is -2.44. The zero-order chi connectivity index (χ0) is 18.7. The van der Waals surface area contributed by atoms with Crippen LogP contribution in [0.1, 0.15) is 16.9 Å². The van der Waals surface area contributed by atoms with Gasteiger partial charge in [0.2, 0.25) is 0 Å². The quantitative estimate of drug-likeness (QED) is 0.640. The maximum absolute atomic E-state index is 12.3. The highest BCUT2D eigenvalue weighted by Gasteiger charge is 2.14. The molecule has 0 aliphatic carbocycles. The number of hydrogen-bond donors (Lipinski definition) is 2. The predicted molar refractivity (Wildman–Crippen MR) is 98.5 cm³/mol. The summed E-state index contributed by atoms with van der Waals surface area (Å²) in [5.41, 5.74) is -0.475. The van der Waals surface area contributed by atoms with Crippen molar-refractivity contribution < 1.29 is 4.79 Å². The molecule has 2 aromatic rings. The zero-order valence-electron chi connectivity index (χ0n) is 15.1. The number of nitrogens with zero attached hydrogens (tertiary/aromatic N) is 4. The fourth-order valence-electron chi connectivity index (χ4n) is 3.11. The molecule has 1 saturated heterocycles. The Kier molecular flexibility index (Phi) is 5.48. The number of hydrogen-bond acceptors (Lipinski definition) is 6. The van der Waals surface area contributed by atoms with Crippen LogP contribution >= 0.6 is 0 Å². The summed E-state index contributed by atoms with van der Waals surface area (Å²) in [4.78, 5) is 43.1. The molecule has 0 atom stereocenters. The van der Waals surface area contributed by atoms with E-state index >= 15 is 0 Å². The van der Waals surface area contributed by atoms with Crippen molar-refractivity contribution in [2.75, 3.05) is 39.3 Å². The topological polar surface area (TPSA) is 101 Å². The standard InChI is InChI=1S/C17H24N6O3/c1-21-14-12(16(25)22(2)17(21)26)4-5-13(20-14)15(24)19-6-3-9-23-10-7-18-8-11-23/h4-5,18H,3,6-11H2,1-2H3,(H,19,24). The second-order valence-electron chi connectivity index (χ2n) is 6.47. The van der Waals surface area contributed by atoms with E-state index in [2.05, 4.69) is 20.5 Å². The number of pyridine rings is 1. The summed E-state index contributed by atoms with van der Waals surface area (Å²) in [7, 11) is 2.95. The van der Waals surface area contributed by atoms with Crippen LogP contribution in [0, 0.1) is 0 Å². The summed E-state index contributed by atoms with van der Waals surface area (Å²) in [6, 6.07) is 3.06. The third-order valence-electron chi connectivity index (χ3n) is 4.68. The fourth-order valence-corrected chi connectivity index (χ4v) is 3.11. The summed E-state index contributed by atoms with van der Waals surface area (Å²) in [5, 5.41) is 6.47. The minimum absolute atomic E-state index is 0.197. The van der Waals surface area contributed by atoms with Gasteiger partial charge >= 0.3 is 5.69 Å². The van der Waals surface area contributed by atoms with E-state index in [9.17, 15) is 14.4 Å². The van der Waals surface area contributed by atoms with Gasteiger partial charge in [-0.05, 0) is 25.1 Å². The smallest absolute Gasteiger partial charge is 0.332 e. The SMILES string of the molecule is Cn1c(=O)c2ccc(C(=O)NCCCN3CCNCC3)nc2n(C)c1=O. The first kappa shape index (κ1) is 18.3. The molecule has 0 radical (unpaired) electrons. The van der Waals surface area contributed by atoms with Gasteiger partial charge in [0.1, 0.15) is 11.3 Å². The van der Waals surface area contributed by atoms with Crippen molar-refractivity contribution >= 4 is 16.9 Å². The molecule has 1 aliphatic heterocycles. The molecule has 0 unspecified atom stereocenters. The normalized spacial score (nSPS) is 15.3. The molecule has 26 heavy (non-hydrogen) atoms. The predicted octanol–water partition coefficient (Wildman–Crippen LogP) is -1.34. The first-order chi connectivity index (χ1) is 12.5. The average Bonchev–Trinajstić information content (AvgIpc) is 2.68.